The maximum atomic E-state index is 13.1. The van der Waals surface area contributed by atoms with Gasteiger partial charge in [0, 0.05) is 31.0 Å². The summed E-state index contributed by atoms with van der Waals surface area (Å²) >= 11 is 0. The Morgan fingerprint density at radius 2 is 1.91 bits per heavy atom. The fraction of sp³-hybridized carbons (Fsp3) is 0.269. The fourth-order valence-electron chi connectivity index (χ4n) is 4.16. The lowest BCUT2D eigenvalue weighted by Gasteiger charge is -2.25. The number of aliphatic hydroxyl groups is 1. The highest BCUT2D eigenvalue weighted by Crippen LogP contribution is 2.40. The van der Waals surface area contributed by atoms with Crippen LogP contribution in [0.3, 0.4) is 0 Å². The minimum atomic E-state index is -0.678. The standard InChI is InChI=1S/C26H27N3O4/c1-3-18-8-10-19(11-9-18)23-22(24(30)20-6-4-7-21(16-20)33-2)25(31)26(32)29(23)14-5-13-28-15-12-27-17-28/h4,6-12,15-17,23,30H,3,5,13-14H2,1-2H3/b24-22+. The van der Waals surface area contributed by atoms with Gasteiger partial charge in [-0.05, 0) is 36.1 Å². The first kappa shape index (κ1) is 22.3. The van der Waals surface area contributed by atoms with E-state index < -0.39 is 17.7 Å². The number of aryl methyl sites for hydroxylation is 2. The van der Waals surface area contributed by atoms with Gasteiger partial charge in [0.15, 0.2) is 0 Å². The van der Waals surface area contributed by atoms with Gasteiger partial charge in [-0.3, -0.25) is 9.59 Å². The van der Waals surface area contributed by atoms with Crippen LogP contribution >= 0.6 is 0 Å². The number of aliphatic hydroxyl groups excluding tert-OH is 1. The van der Waals surface area contributed by atoms with Crippen LogP contribution in [0.1, 0.15) is 36.1 Å². The number of imidazole rings is 1. The molecule has 0 spiro atoms. The van der Waals surface area contributed by atoms with Crippen LogP contribution in [0, 0.1) is 0 Å². The molecule has 4 rings (SSSR count). The average Bonchev–Trinajstić information content (AvgIpc) is 3.46. The summed E-state index contributed by atoms with van der Waals surface area (Å²) in [6.07, 6.45) is 6.81. The molecule has 1 aromatic heterocycles. The molecule has 7 heteroatoms. The van der Waals surface area contributed by atoms with Gasteiger partial charge >= 0.3 is 0 Å². The van der Waals surface area contributed by atoms with E-state index in [1.165, 1.54) is 7.11 Å². The Morgan fingerprint density at radius 1 is 1.12 bits per heavy atom. The summed E-state index contributed by atoms with van der Waals surface area (Å²) in [4.78, 5) is 31.8. The fourth-order valence-corrected chi connectivity index (χ4v) is 4.16. The number of ether oxygens (including phenoxy) is 1. The molecule has 1 saturated heterocycles. The molecule has 0 saturated carbocycles. The van der Waals surface area contributed by atoms with Gasteiger partial charge < -0.3 is 19.3 Å². The summed E-state index contributed by atoms with van der Waals surface area (Å²) in [6, 6.07) is 14.0. The van der Waals surface area contributed by atoms with Crippen molar-refractivity contribution < 1.29 is 19.4 Å². The number of ketones is 1. The van der Waals surface area contributed by atoms with E-state index in [-0.39, 0.29) is 11.3 Å². The van der Waals surface area contributed by atoms with Gasteiger partial charge in [-0.2, -0.15) is 0 Å². The first-order chi connectivity index (χ1) is 16.0. The van der Waals surface area contributed by atoms with Crippen LogP contribution < -0.4 is 4.74 Å². The van der Waals surface area contributed by atoms with Crippen molar-refractivity contribution in [3.63, 3.8) is 0 Å². The van der Waals surface area contributed by atoms with Crippen molar-refractivity contribution in [2.24, 2.45) is 0 Å². The second-order valence-corrected chi connectivity index (χ2v) is 7.97. The molecular weight excluding hydrogens is 418 g/mol. The third-order valence-electron chi connectivity index (χ3n) is 5.96. The highest BCUT2D eigenvalue weighted by Gasteiger charge is 2.45. The molecule has 7 nitrogen and oxygen atoms in total. The SMILES string of the molecule is CCc1ccc(C2/C(=C(\O)c3cccc(OC)c3)C(=O)C(=O)N2CCCn2ccnc2)cc1. The van der Waals surface area contributed by atoms with Crippen molar-refractivity contribution >= 4 is 17.4 Å². The molecule has 1 aliphatic heterocycles. The van der Waals surface area contributed by atoms with Gasteiger partial charge in [0.1, 0.15) is 11.5 Å². The van der Waals surface area contributed by atoms with Gasteiger partial charge in [0.05, 0.1) is 25.1 Å². The zero-order chi connectivity index (χ0) is 23.4. The summed E-state index contributed by atoms with van der Waals surface area (Å²) < 4.78 is 7.19. The van der Waals surface area contributed by atoms with Crippen LogP contribution in [-0.4, -0.2) is 44.9 Å². The van der Waals surface area contributed by atoms with Gasteiger partial charge in [-0.25, -0.2) is 4.98 Å². The van der Waals surface area contributed by atoms with E-state index in [9.17, 15) is 14.7 Å². The first-order valence-electron chi connectivity index (χ1n) is 11.0. The molecule has 0 radical (unpaired) electrons. The Balaban J connectivity index is 1.74. The lowest BCUT2D eigenvalue weighted by molar-refractivity contribution is -0.139. The lowest BCUT2D eigenvalue weighted by Crippen LogP contribution is -2.31. The van der Waals surface area contributed by atoms with E-state index in [1.54, 1.807) is 41.7 Å². The van der Waals surface area contributed by atoms with Crippen molar-refractivity contribution in [2.75, 3.05) is 13.7 Å². The number of amides is 1. The molecular formula is C26H27N3O4. The largest absolute Gasteiger partial charge is 0.507 e. The lowest BCUT2D eigenvalue weighted by atomic mass is 9.94. The molecule has 1 amide bonds. The van der Waals surface area contributed by atoms with E-state index in [0.717, 1.165) is 17.5 Å². The topological polar surface area (TPSA) is 84.7 Å². The molecule has 3 aromatic rings. The van der Waals surface area contributed by atoms with Crippen molar-refractivity contribution in [3.8, 4) is 5.75 Å². The number of hydrogen-bond acceptors (Lipinski definition) is 5. The minimum Gasteiger partial charge on any atom is -0.507 e. The molecule has 1 N–H and O–H groups in total. The summed E-state index contributed by atoms with van der Waals surface area (Å²) in [6.45, 7) is 3.11. The first-order valence-corrected chi connectivity index (χ1v) is 11.0. The summed E-state index contributed by atoms with van der Waals surface area (Å²) in [5, 5.41) is 11.2. The van der Waals surface area contributed by atoms with Crippen LogP contribution in [-0.2, 0) is 22.6 Å². The second-order valence-electron chi connectivity index (χ2n) is 7.97. The number of carbonyl (C=O) groups excluding carboxylic acids is 2. The zero-order valence-corrected chi connectivity index (χ0v) is 18.8. The molecule has 1 unspecified atom stereocenters. The molecule has 1 atom stereocenters. The monoisotopic (exact) mass is 445 g/mol. The van der Waals surface area contributed by atoms with Crippen molar-refractivity contribution in [1.82, 2.24) is 14.5 Å². The number of hydrogen-bond donors (Lipinski definition) is 1. The molecule has 2 heterocycles. The van der Waals surface area contributed by atoms with E-state index in [4.69, 9.17) is 4.74 Å². The van der Waals surface area contributed by atoms with Crippen molar-refractivity contribution in [2.45, 2.75) is 32.4 Å². The Kier molecular flexibility index (Phi) is 6.58. The number of aromatic nitrogens is 2. The zero-order valence-electron chi connectivity index (χ0n) is 18.8. The number of likely N-dealkylation sites (tertiary alicyclic amines) is 1. The number of nitrogens with zero attached hydrogens (tertiary/aromatic N) is 3. The van der Waals surface area contributed by atoms with Gasteiger partial charge in [-0.15, -0.1) is 0 Å². The van der Waals surface area contributed by atoms with Gasteiger partial charge in [-0.1, -0.05) is 43.3 Å². The Morgan fingerprint density at radius 3 is 2.58 bits per heavy atom. The Hall–Kier alpha value is -3.87. The Labute approximate surface area is 192 Å². The third kappa shape index (κ3) is 4.53. The highest BCUT2D eigenvalue weighted by molar-refractivity contribution is 6.46. The smallest absolute Gasteiger partial charge is 0.295 e. The maximum Gasteiger partial charge on any atom is 0.295 e. The second kappa shape index (κ2) is 9.73. The molecule has 170 valence electrons. The van der Waals surface area contributed by atoms with E-state index in [0.29, 0.717) is 30.8 Å². The highest BCUT2D eigenvalue weighted by atomic mass is 16.5. The number of methoxy groups -OCH3 is 1. The summed E-state index contributed by atoms with van der Waals surface area (Å²) in [5.74, 6) is -0.927. The number of benzene rings is 2. The summed E-state index contributed by atoms with van der Waals surface area (Å²) in [5.41, 5.74) is 2.48. The molecule has 0 aliphatic carbocycles. The molecule has 33 heavy (non-hydrogen) atoms. The normalized spacial score (nSPS) is 17.5. The van der Waals surface area contributed by atoms with E-state index >= 15 is 0 Å². The number of carbonyl (C=O) groups is 2. The third-order valence-corrected chi connectivity index (χ3v) is 5.96. The quantitative estimate of drug-likeness (QED) is 0.322. The minimum absolute atomic E-state index is 0.0973. The predicted molar refractivity (Wildman–Crippen MR) is 125 cm³/mol. The summed E-state index contributed by atoms with van der Waals surface area (Å²) in [7, 11) is 1.54. The predicted octanol–water partition coefficient (Wildman–Crippen LogP) is 3.97. The molecule has 0 bridgehead atoms. The molecule has 1 fully saturated rings. The average molecular weight is 446 g/mol. The van der Waals surface area contributed by atoms with Crippen LogP contribution in [0.5, 0.6) is 5.75 Å². The van der Waals surface area contributed by atoms with Gasteiger partial charge in [0.25, 0.3) is 11.7 Å². The van der Waals surface area contributed by atoms with Crippen LogP contribution in [0.15, 0.2) is 72.8 Å². The number of rotatable bonds is 8. The molecule has 2 aromatic carbocycles. The van der Waals surface area contributed by atoms with Crippen molar-refractivity contribution in [1.29, 1.82) is 0 Å². The van der Waals surface area contributed by atoms with E-state index in [2.05, 4.69) is 11.9 Å². The van der Waals surface area contributed by atoms with Crippen LogP contribution in [0.4, 0.5) is 0 Å². The van der Waals surface area contributed by atoms with E-state index in [1.807, 2.05) is 35.0 Å². The van der Waals surface area contributed by atoms with Crippen molar-refractivity contribution in [3.05, 3.63) is 89.5 Å². The Bertz CT molecular complexity index is 1170. The van der Waals surface area contributed by atoms with Crippen LogP contribution in [0.2, 0.25) is 0 Å². The molecule has 1 aliphatic rings. The number of Topliss-reactive ketones (excluding diaryl/α,β-unsaturated/α-hetero) is 1. The maximum absolute atomic E-state index is 13.1. The van der Waals surface area contributed by atoms with Gasteiger partial charge in [0.2, 0.25) is 0 Å². The van der Waals surface area contributed by atoms with Crippen LogP contribution in [0.25, 0.3) is 5.76 Å².